The first-order chi connectivity index (χ1) is 15.6. The van der Waals surface area contributed by atoms with E-state index in [1.807, 2.05) is 66.7 Å². The molecular weight excluding hydrogens is 400 g/mol. The molecule has 0 spiro atoms. The standard InChI is InChI=1S/C27H20N2O3/c1-2-26(30)29-13-12-19(17-29)20-14-23(25-16-28-27(31)24(25)15-20)18-8-10-22(11-9-18)32-21-6-4-3-5-7-21/h2-15,17H,1,16H2,(H,28,31). The van der Waals surface area contributed by atoms with Gasteiger partial charge in [-0.2, -0.15) is 0 Å². The van der Waals surface area contributed by atoms with Gasteiger partial charge in [-0.3, -0.25) is 14.2 Å². The third-order valence-corrected chi connectivity index (χ3v) is 5.52. The summed E-state index contributed by atoms with van der Waals surface area (Å²) < 4.78 is 7.38. The number of carbonyl (C=O) groups excluding carboxylic acids is 2. The van der Waals surface area contributed by atoms with Gasteiger partial charge >= 0.3 is 0 Å². The summed E-state index contributed by atoms with van der Waals surface area (Å²) in [7, 11) is 0. The molecule has 0 saturated carbocycles. The van der Waals surface area contributed by atoms with Gasteiger partial charge in [0.25, 0.3) is 11.8 Å². The fraction of sp³-hybridized carbons (Fsp3) is 0.0370. The Hall–Kier alpha value is -4.38. The fourth-order valence-electron chi connectivity index (χ4n) is 3.89. The number of allylic oxidation sites excluding steroid dienone is 1. The number of amides is 1. The molecule has 5 nitrogen and oxygen atoms in total. The third kappa shape index (κ3) is 3.61. The molecule has 0 bridgehead atoms. The number of hydrogen-bond acceptors (Lipinski definition) is 3. The van der Waals surface area contributed by atoms with Crippen LogP contribution in [-0.2, 0) is 6.54 Å². The van der Waals surface area contributed by atoms with Gasteiger partial charge in [-0.05, 0) is 76.4 Å². The summed E-state index contributed by atoms with van der Waals surface area (Å²) in [5, 5.41) is 2.91. The van der Waals surface area contributed by atoms with Crippen LogP contribution in [0.15, 0.2) is 97.8 Å². The van der Waals surface area contributed by atoms with Crippen LogP contribution >= 0.6 is 0 Å². The summed E-state index contributed by atoms with van der Waals surface area (Å²) in [6.45, 7) is 4.02. The zero-order chi connectivity index (χ0) is 22.1. The molecule has 5 rings (SSSR count). The lowest BCUT2D eigenvalue weighted by Gasteiger charge is -2.12. The van der Waals surface area contributed by atoms with E-state index in [-0.39, 0.29) is 11.8 Å². The minimum atomic E-state index is -0.204. The summed E-state index contributed by atoms with van der Waals surface area (Å²) in [6.07, 6.45) is 4.71. The van der Waals surface area contributed by atoms with Crippen LogP contribution in [0.5, 0.6) is 11.5 Å². The summed E-state index contributed by atoms with van der Waals surface area (Å²) in [5.41, 5.74) is 5.32. The molecule has 4 aromatic rings. The van der Waals surface area contributed by atoms with Crippen molar-refractivity contribution in [1.29, 1.82) is 0 Å². The maximum absolute atomic E-state index is 12.4. The Labute approximate surface area is 185 Å². The highest BCUT2D eigenvalue weighted by atomic mass is 16.5. The Bertz CT molecular complexity index is 1340. The van der Waals surface area contributed by atoms with Crippen LogP contribution < -0.4 is 10.1 Å². The molecule has 156 valence electrons. The number of nitrogens with zero attached hydrogens (tertiary/aromatic N) is 1. The number of benzene rings is 3. The van der Waals surface area contributed by atoms with Crippen molar-refractivity contribution in [3.63, 3.8) is 0 Å². The first-order valence-corrected chi connectivity index (χ1v) is 10.3. The fourth-order valence-corrected chi connectivity index (χ4v) is 3.89. The average molecular weight is 420 g/mol. The van der Waals surface area contributed by atoms with E-state index in [1.54, 1.807) is 12.4 Å². The molecule has 1 amide bonds. The smallest absolute Gasteiger partial charge is 0.253 e. The van der Waals surface area contributed by atoms with Crippen molar-refractivity contribution in [3.8, 4) is 33.8 Å². The first kappa shape index (κ1) is 19.6. The Kier molecular flexibility index (Phi) is 4.92. The SMILES string of the molecule is C=CC(=O)n1ccc(-c2cc3c(c(-c4ccc(Oc5ccccc5)cc4)c2)CNC3=O)c1. The van der Waals surface area contributed by atoms with E-state index < -0.39 is 0 Å². The van der Waals surface area contributed by atoms with E-state index >= 15 is 0 Å². The molecule has 0 radical (unpaired) electrons. The second kappa shape index (κ2) is 8.04. The van der Waals surface area contributed by atoms with E-state index in [4.69, 9.17) is 4.74 Å². The lowest BCUT2D eigenvalue weighted by Crippen LogP contribution is -2.12. The van der Waals surface area contributed by atoms with Crippen LogP contribution in [0.1, 0.15) is 20.7 Å². The maximum Gasteiger partial charge on any atom is 0.253 e. The maximum atomic E-state index is 12.4. The molecule has 0 fully saturated rings. The van der Waals surface area contributed by atoms with Crippen LogP contribution in [0.3, 0.4) is 0 Å². The van der Waals surface area contributed by atoms with E-state index in [0.29, 0.717) is 12.1 Å². The molecule has 0 unspecified atom stereocenters. The van der Waals surface area contributed by atoms with E-state index in [1.165, 1.54) is 10.6 Å². The van der Waals surface area contributed by atoms with Gasteiger partial charge in [-0.25, -0.2) is 0 Å². The monoisotopic (exact) mass is 420 g/mol. The van der Waals surface area contributed by atoms with Gasteiger partial charge in [0.2, 0.25) is 0 Å². The highest BCUT2D eigenvalue weighted by Gasteiger charge is 2.24. The molecule has 3 aromatic carbocycles. The molecular formula is C27H20N2O3. The van der Waals surface area contributed by atoms with Crippen molar-refractivity contribution >= 4 is 11.8 Å². The van der Waals surface area contributed by atoms with Crippen molar-refractivity contribution in [2.24, 2.45) is 0 Å². The predicted octanol–water partition coefficient (Wildman–Crippen LogP) is 5.68. The summed E-state index contributed by atoms with van der Waals surface area (Å²) >= 11 is 0. The molecule has 1 N–H and O–H groups in total. The number of ether oxygens (including phenoxy) is 1. The molecule has 0 saturated heterocycles. The normalized spacial score (nSPS) is 12.2. The zero-order valence-electron chi connectivity index (χ0n) is 17.2. The molecule has 1 aliphatic rings. The molecule has 1 aliphatic heterocycles. The molecule has 0 atom stereocenters. The van der Waals surface area contributed by atoms with Crippen molar-refractivity contribution in [3.05, 3.63) is 109 Å². The molecule has 32 heavy (non-hydrogen) atoms. The predicted molar refractivity (Wildman–Crippen MR) is 124 cm³/mol. The lowest BCUT2D eigenvalue weighted by atomic mass is 9.92. The quantitative estimate of drug-likeness (QED) is 0.422. The first-order valence-electron chi connectivity index (χ1n) is 10.3. The minimum absolute atomic E-state index is 0.0891. The Morgan fingerprint density at radius 2 is 1.62 bits per heavy atom. The van der Waals surface area contributed by atoms with Gasteiger partial charge in [0.1, 0.15) is 11.5 Å². The van der Waals surface area contributed by atoms with Gasteiger partial charge in [-0.1, -0.05) is 36.9 Å². The van der Waals surface area contributed by atoms with Gasteiger partial charge < -0.3 is 10.1 Å². The molecule has 5 heteroatoms. The highest BCUT2D eigenvalue weighted by Crippen LogP contribution is 2.36. The number of rotatable bonds is 5. The van der Waals surface area contributed by atoms with Crippen LogP contribution in [0.4, 0.5) is 0 Å². The van der Waals surface area contributed by atoms with Crippen molar-refractivity contribution in [2.45, 2.75) is 6.54 Å². The van der Waals surface area contributed by atoms with Gasteiger partial charge in [0.15, 0.2) is 0 Å². The van der Waals surface area contributed by atoms with Crippen LogP contribution in [0, 0.1) is 0 Å². The Morgan fingerprint density at radius 3 is 2.38 bits per heavy atom. The number of carbonyl (C=O) groups is 2. The van der Waals surface area contributed by atoms with Crippen LogP contribution in [0.25, 0.3) is 22.3 Å². The van der Waals surface area contributed by atoms with Crippen LogP contribution in [-0.4, -0.2) is 16.4 Å². The summed E-state index contributed by atoms with van der Waals surface area (Å²) in [5.74, 6) is 1.22. The molecule has 2 heterocycles. The second-order valence-corrected chi connectivity index (χ2v) is 7.52. The summed E-state index contributed by atoms with van der Waals surface area (Å²) in [6, 6.07) is 23.2. The molecule has 0 aliphatic carbocycles. The highest BCUT2D eigenvalue weighted by molar-refractivity contribution is 6.02. The van der Waals surface area contributed by atoms with Gasteiger partial charge in [0.05, 0.1) is 0 Å². The van der Waals surface area contributed by atoms with E-state index in [0.717, 1.165) is 39.3 Å². The van der Waals surface area contributed by atoms with Crippen LogP contribution in [0.2, 0.25) is 0 Å². The molecule has 1 aromatic heterocycles. The number of hydrogen-bond donors (Lipinski definition) is 1. The second-order valence-electron chi connectivity index (χ2n) is 7.52. The third-order valence-electron chi connectivity index (χ3n) is 5.52. The Balaban J connectivity index is 1.53. The topological polar surface area (TPSA) is 60.3 Å². The van der Waals surface area contributed by atoms with E-state index in [9.17, 15) is 9.59 Å². The minimum Gasteiger partial charge on any atom is -0.457 e. The number of aromatic nitrogens is 1. The number of fused-ring (bicyclic) bond motifs is 1. The number of para-hydroxylation sites is 1. The lowest BCUT2D eigenvalue weighted by molar-refractivity contribution is 0.0959. The van der Waals surface area contributed by atoms with Crippen molar-refractivity contribution < 1.29 is 14.3 Å². The number of nitrogens with one attached hydrogen (secondary N) is 1. The van der Waals surface area contributed by atoms with Gasteiger partial charge in [0, 0.05) is 24.5 Å². The largest absolute Gasteiger partial charge is 0.457 e. The Morgan fingerprint density at radius 1 is 0.906 bits per heavy atom. The zero-order valence-corrected chi connectivity index (χ0v) is 17.2. The van der Waals surface area contributed by atoms with Crippen molar-refractivity contribution in [1.82, 2.24) is 9.88 Å². The summed E-state index contributed by atoms with van der Waals surface area (Å²) in [4.78, 5) is 24.4. The van der Waals surface area contributed by atoms with Crippen molar-refractivity contribution in [2.75, 3.05) is 0 Å². The average Bonchev–Trinajstić information content (AvgIpc) is 3.47. The van der Waals surface area contributed by atoms with E-state index in [2.05, 4.69) is 18.0 Å². The van der Waals surface area contributed by atoms with Gasteiger partial charge in [-0.15, -0.1) is 0 Å².